The van der Waals surface area contributed by atoms with Gasteiger partial charge in [-0.05, 0) is 56.0 Å². The van der Waals surface area contributed by atoms with Crippen molar-refractivity contribution in [3.63, 3.8) is 0 Å². The van der Waals surface area contributed by atoms with Crippen LogP contribution in [-0.2, 0) is 14.8 Å². The molecule has 39 heavy (non-hydrogen) atoms. The number of anilines is 1. The van der Waals surface area contributed by atoms with Gasteiger partial charge in [0.25, 0.3) is 5.91 Å². The van der Waals surface area contributed by atoms with E-state index in [0.29, 0.717) is 17.4 Å². The molecule has 208 valence electrons. The van der Waals surface area contributed by atoms with Gasteiger partial charge in [0.05, 0.1) is 41.9 Å². The van der Waals surface area contributed by atoms with E-state index in [1.54, 1.807) is 22.9 Å². The molecular formula is C27H33FN6O4S. The summed E-state index contributed by atoms with van der Waals surface area (Å²) in [4.78, 5) is 22.4. The normalized spacial score (nSPS) is 19.8. The maximum atomic E-state index is 13.7. The first-order valence-electron chi connectivity index (χ1n) is 13.6. The first kappa shape index (κ1) is 26.1. The molecule has 2 saturated heterocycles. The molecule has 0 atom stereocenters. The Balaban J connectivity index is 1.45. The molecule has 6 rings (SSSR count). The molecule has 0 unspecified atom stereocenters. The fourth-order valence-corrected chi connectivity index (χ4v) is 6.29. The summed E-state index contributed by atoms with van der Waals surface area (Å²) >= 11 is 0. The molecule has 2 aromatic heterocycles. The van der Waals surface area contributed by atoms with Crippen LogP contribution in [0.4, 0.5) is 10.1 Å². The Morgan fingerprint density at radius 1 is 1.05 bits per heavy atom. The van der Waals surface area contributed by atoms with Gasteiger partial charge in [0.2, 0.25) is 10.0 Å². The lowest BCUT2D eigenvalue weighted by Crippen LogP contribution is -2.49. The van der Waals surface area contributed by atoms with E-state index < -0.39 is 15.9 Å². The predicted molar refractivity (Wildman–Crippen MR) is 145 cm³/mol. The molecule has 1 saturated carbocycles. The highest BCUT2D eigenvalue weighted by atomic mass is 32.2. The number of hydrogen-bond donors (Lipinski definition) is 1. The SMILES string of the molecule is CS(=O)(=O)NC(=O)c1cc(N2CCC(N3CCOCC3)CC2)c2c(C3CCC3)nn(-c3ccc(F)cc3)c2n1. The Hall–Kier alpha value is -3.09. The third kappa shape index (κ3) is 5.37. The van der Waals surface area contributed by atoms with Crippen LogP contribution >= 0.6 is 0 Å². The quantitative estimate of drug-likeness (QED) is 0.494. The summed E-state index contributed by atoms with van der Waals surface area (Å²) in [5.74, 6) is -0.878. The minimum atomic E-state index is -3.79. The van der Waals surface area contributed by atoms with Crippen LogP contribution in [0.1, 0.15) is 54.2 Å². The largest absolute Gasteiger partial charge is 0.379 e. The molecule has 1 aliphatic carbocycles. The van der Waals surface area contributed by atoms with E-state index >= 15 is 0 Å². The Morgan fingerprint density at radius 2 is 1.74 bits per heavy atom. The number of sulfonamides is 1. The highest BCUT2D eigenvalue weighted by Crippen LogP contribution is 2.43. The Labute approximate surface area is 227 Å². The second-order valence-corrected chi connectivity index (χ2v) is 12.4. The van der Waals surface area contributed by atoms with Gasteiger partial charge in [0.15, 0.2) is 5.65 Å². The van der Waals surface area contributed by atoms with Gasteiger partial charge in [0.1, 0.15) is 11.5 Å². The van der Waals surface area contributed by atoms with Crippen LogP contribution in [0.2, 0.25) is 0 Å². The number of halogens is 1. The molecule has 0 bridgehead atoms. The second kappa shape index (κ2) is 10.5. The monoisotopic (exact) mass is 556 g/mol. The standard InChI is InChI=1S/C27H33FN6O4S/c1-39(36,37)31-27(35)22-17-23(33-11-9-20(10-12-33)32-13-15-38-16-14-32)24-25(18-3-2-4-18)30-34(26(24)29-22)21-7-5-19(28)6-8-21/h5-8,17-18,20H,2-4,9-16H2,1H3,(H,31,35). The van der Waals surface area contributed by atoms with Crippen LogP contribution in [-0.4, -0.2) is 85.7 Å². The zero-order valence-electron chi connectivity index (χ0n) is 22.0. The van der Waals surface area contributed by atoms with Crippen LogP contribution < -0.4 is 9.62 Å². The number of morpholine rings is 1. The average Bonchev–Trinajstić information content (AvgIpc) is 3.26. The summed E-state index contributed by atoms with van der Waals surface area (Å²) in [6.45, 7) is 4.99. The van der Waals surface area contributed by atoms with E-state index in [1.807, 2.05) is 0 Å². The molecule has 1 N–H and O–H groups in total. The highest BCUT2D eigenvalue weighted by molar-refractivity contribution is 7.89. The van der Waals surface area contributed by atoms with Gasteiger partial charge in [-0.1, -0.05) is 6.42 Å². The molecule has 3 aliphatic rings. The summed E-state index contributed by atoms with van der Waals surface area (Å²) in [7, 11) is -3.79. The fraction of sp³-hybridized carbons (Fsp3) is 0.519. The van der Waals surface area contributed by atoms with Crippen LogP contribution in [0.25, 0.3) is 16.7 Å². The van der Waals surface area contributed by atoms with Crippen LogP contribution in [0.15, 0.2) is 30.3 Å². The summed E-state index contributed by atoms with van der Waals surface area (Å²) in [5.41, 5.74) is 2.86. The molecule has 0 spiro atoms. The molecule has 3 fully saturated rings. The molecule has 12 heteroatoms. The molecule has 10 nitrogen and oxygen atoms in total. The molecule has 4 heterocycles. The Morgan fingerprint density at radius 3 is 2.36 bits per heavy atom. The number of fused-ring (bicyclic) bond motifs is 1. The third-order valence-corrected chi connectivity index (χ3v) is 8.64. The van der Waals surface area contributed by atoms with Crippen molar-refractivity contribution in [3.05, 3.63) is 47.5 Å². The lowest BCUT2D eigenvalue weighted by atomic mass is 9.82. The van der Waals surface area contributed by atoms with Crippen molar-refractivity contribution in [3.8, 4) is 5.69 Å². The van der Waals surface area contributed by atoms with E-state index in [1.165, 1.54) is 12.1 Å². The summed E-state index contributed by atoms with van der Waals surface area (Å²) in [6.07, 6.45) is 6.05. The predicted octanol–water partition coefficient (Wildman–Crippen LogP) is 2.82. The van der Waals surface area contributed by atoms with E-state index in [4.69, 9.17) is 9.84 Å². The first-order valence-corrected chi connectivity index (χ1v) is 15.4. The Bertz CT molecular complexity index is 1470. The molecular weight excluding hydrogens is 523 g/mol. The van der Waals surface area contributed by atoms with Gasteiger partial charge in [-0.3, -0.25) is 9.69 Å². The zero-order valence-corrected chi connectivity index (χ0v) is 22.8. The number of carbonyl (C=O) groups excluding carboxylic acids is 1. The average molecular weight is 557 g/mol. The number of aromatic nitrogens is 3. The Kier molecular flexibility index (Phi) is 7.02. The third-order valence-electron chi connectivity index (χ3n) is 8.09. The molecule has 2 aliphatic heterocycles. The number of nitrogens with one attached hydrogen (secondary N) is 1. The van der Waals surface area contributed by atoms with E-state index in [0.717, 1.165) is 94.5 Å². The lowest BCUT2D eigenvalue weighted by Gasteiger charge is -2.41. The topological polar surface area (TPSA) is 110 Å². The van der Waals surface area contributed by atoms with Crippen molar-refractivity contribution in [1.82, 2.24) is 24.4 Å². The number of amides is 1. The second-order valence-electron chi connectivity index (χ2n) is 10.7. The highest BCUT2D eigenvalue weighted by Gasteiger charge is 2.33. The van der Waals surface area contributed by atoms with Crippen molar-refractivity contribution in [2.75, 3.05) is 50.5 Å². The summed E-state index contributed by atoms with van der Waals surface area (Å²) in [6, 6.07) is 8.17. The number of carbonyl (C=O) groups is 1. The van der Waals surface area contributed by atoms with E-state index in [-0.39, 0.29) is 17.4 Å². The zero-order chi connectivity index (χ0) is 27.1. The number of ether oxygens (including phenoxy) is 1. The number of hydrogen-bond acceptors (Lipinski definition) is 8. The number of piperidine rings is 1. The first-order chi connectivity index (χ1) is 18.8. The maximum absolute atomic E-state index is 13.7. The van der Waals surface area contributed by atoms with Crippen molar-refractivity contribution in [2.24, 2.45) is 0 Å². The van der Waals surface area contributed by atoms with Crippen molar-refractivity contribution >= 4 is 32.7 Å². The molecule has 1 amide bonds. The fourth-order valence-electron chi connectivity index (χ4n) is 5.85. The van der Waals surface area contributed by atoms with E-state index in [2.05, 4.69) is 19.5 Å². The van der Waals surface area contributed by atoms with Crippen molar-refractivity contribution < 1.29 is 22.3 Å². The van der Waals surface area contributed by atoms with Crippen molar-refractivity contribution in [2.45, 2.75) is 44.1 Å². The van der Waals surface area contributed by atoms with E-state index in [9.17, 15) is 17.6 Å². The van der Waals surface area contributed by atoms with Crippen molar-refractivity contribution in [1.29, 1.82) is 0 Å². The molecule has 3 aromatic rings. The van der Waals surface area contributed by atoms with Crippen LogP contribution in [0.5, 0.6) is 0 Å². The van der Waals surface area contributed by atoms with Crippen LogP contribution in [0.3, 0.4) is 0 Å². The minimum absolute atomic E-state index is 0.00153. The van der Waals surface area contributed by atoms with Gasteiger partial charge >= 0.3 is 0 Å². The number of nitrogens with zero attached hydrogens (tertiary/aromatic N) is 5. The summed E-state index contributed by atoms with van der Waals surface area (Å²) < 4.78 is 46.7. The number of benzene rings is 1. The summed E-state index contributed by atoms with van der Waals surface area (Å²) in [5, 5.41) is 5.84. The van der Waals surface area contributed by atoms with Gasteiger partial charge in [-0.2, -0.15) is 5.10 Å². The lowest BCUT2D eigenvalue weighted by molar-refractivity contribution is 0.0115. The molecule has 1 aromatic carbocycles. The van der Waals surface area contributed by atoms with Gasteiger partial charge in [-0.25, -0.2) is 27.2 Å². The van der Waals surface area contributed by atoms with Gasteiger partial charge < -0.3 is 9.64 Å². The minimum Gasteiger partial charge on any atom is -0.379 e. The molecule has 0 radical (unpaired) electrons. The maximum Gasteiger partial charge on any atom is 0.283 e. The number of rotatable bonds is 6. The smallest absolute Gasteiger partial charge is 0.283 e. The number of pyridine rings is 1. The van der Waals surface area contributed by atoms with Crippen LogP contribution in [0, 0.1) is 5.82 Å². The van der Waals surface area contributed by atoms with Gasteiger partial charge in [-0.15, -0.1) is 0 Å². The van der Waals surface area contributed by atoms with Gasteiger partial charge in [0, 0.05) is 38.1 Å².